The molecule has 1 fully saturated rings. The van der Waals surface area contributed by atoms with E-state index < -0.39 is 11.6 Å². The van der Waals surface area contributed by atoms with Crippen LogP contribution in [-0.2, 0) is 31.2 Å². The lowest BCUT2D eigenvalue weighted by Gasteiger charge is -2.41. The van der Waals surface area contributed by atoms with Gasteiger partial charge in [0, 0.05) is 5.56 Å². The lowest BCUT2D eigenvalue weighted by Crippen LogP contribution is -2.49. The standard InChI is InChI=1S/C26H26O6/c1-28-24-9-4-3-8-23(24)20-7-5-6-19(14-20)15-31-22-12-10-21(11-13-22)26(17-30-18-26)32-16-25(27)29-2/h3-14H,15-18H2,1-2H3. The Kier molecular flexibility index (Phi) is 6.73. The summed E-state index contributed by atoms with van der Waals surface area (Å²) in [6.07, 6.45) is 0. The van der Waals surface area contributed by atoms with Crippen LogP contribution in [-0.4, -0.2) is 40.0 Å². The molecule has 0 bridgehead atoms. The van der Waals surface area contributed by atoms with Crippen LogP contribution in [0.3, 0.4) is 0 Å². The predicted octanol–water partition coefficient (Wildman–Crippen LogP) is 4.36. The number of methoxy groups -OCH3 is 2. The average Bonchev–Trinajstić information content (AvgIpc) is 2.82. The van der Waals surface area contributed by atoms with E-state index in [0.717, 1.165) is 33.8 Å². The second-order valence-corrected chi connectivity index (χ2v) is 7.57. The molecule has 4 rings (SSSR count). The number of para-hydroxylation sites is 1. The molecule has 3 aromatic rings. The molecule has 0 spiro atoms. The molecule has 0 atom stereocenters. The summed E-state index contributed by atoms with van der Waals surface area (Å²) in [6, 6.07) is 23.9. The minimum atomic E-state index is -0.615. The number of carbonyl (C=O) groups is 1. The van der Waals surface area contributed by atoms with Crippen molar-refractivity contribution in [2.45, 2.75) is 12.2 Å². The normalized spacial score (nSPS) is 14.3. The monoisotopic (exact) mass is 434 g/mol. The van der Waals surface area contributed by atoms with Gasteiger partial charge in [-0.2, -0.15) is 0 Å². The second-order valence-electron chi connectivity index (χ2n) is 7.57. The molecule has 1 aliphatic heterocycles. The summed E-state index contributed by atoms with van der Waals surface area (Å²) in [5, 5.41) is 0. The van der Waals surface area contributed by atoms with Gasteiger partial charge < -0.3 is 23.7 Å². The lowest BCUT2D eigenvalue weighted by molar-refractivity contribution is -0.220. The molecular formula is C26H26O6. The van der Waals surface area contributed by atoms with Gasteiger partial charge in [-0.25, -0.2) is 4.79 Å². The number of ether oxygens (including phenoxy) is 5. The second kappa shape index (κ2) is 9.85. The number of hydrogen-bond acceptors (Lipinski definition) is 6. The molecule has 1 aliphatic rings. The molecule has 0 aliphatic carbocycles. The fraction of sp³-hybridized carbons (Fsp3) is 0.269. The zero-order chi connectivity index (χ0) is 22.4. The number of benzene rings is 3. The van der Waals surface area contributed by atoms with Crippen LogP contribution >= 0.6 is 0 Å². The minimum absolute atomic E-state index is 0.110. The van der Waals surface area contributed by atoms with Crippen LogP contribution in [0.1, 0.15) is 11.1 Å². The van der Waals surface area contributed by atoms with Crippen molar-refractivity contribution in [2.24, 2.45) is 0 Å². The van der Waals surface area contributed by atoms with Gasteiger partial charge in [0.1, 0.15) is 30.3 Å². The van der Waals surface area contributed by atoms with E-state index in [-0.39, 0.29) is 6.61 Å². The van der Waals surface area contributed by atoms with Crippen LogP contribution in [0.5, 0.6) is 11.5 Å². The SMILES string of the molecule is COC(=O)COC1(c2ccc(OCc3cccc(-c4ccccc4OC)c3)cc2)COC1. The Morgan fingerprint density at radius 3 is 2.44 bits per heavy atom. The van der Waals surface area contributed by atoms with Crippen LogP contribution < -0.4 is 9.47 Å². The summed E-state index contributed by atoms with van der Waals surface area (Å²) in [7, 11) is 3.02. The van der Waals surface area contributed by atoms with E-state index >= 15 is 0 Å². The van der Waals surface area contributed by atoms with E-state index in [1.807, 2.05) is 60.7 Å². The van der Waals surface area contributed by atoms with Gasteiger partial charge in [-0.05, 0) is 41.0 Å². The highest BCUT2D eigenvalue weighted by atomic mass is 16.6. The van der Waals surface area contributed by atoms with Crippen molar-refractivity contribution in [3.63, 3.8) is 0 Å². The zero-order valence-corrected chi connectivity index (χ0v) is 18.2. The molecule has 0 aromatic heterocycles. The first-order valence-corrected chi connectivity index (χ1v) is 10.4. The van der Waals surface area contributed by atoms with Crippen molar-refractivity contribution in [1.82, 2.24) is 0 Å². The van der Waals surface area contributed by atoms with Crippen molar-refractivity contribution in [1.29, 1.82) is 0 Å². The molecule has 0 unspecified atom stereocenters. The Labute approximate surface area is 187 Å². The highest BCUT2D eigenvalue weighted by Crippen LogP contribution is 2.35. The number of esters is 1. The van der Waals surface area contributed by atoms with E-state index in [2.05, 4.69) is 16.9 Å². The van der Waals surface area contributed by atoms with E-state index in [1.54, 1.807) is 7.11 Å². The van der Waals surface area contributed by atoms with Crippen LogP contribution in [0.4, 0.5) is 0 Å². The van der Waals surface area contributed by atoms with Gasteiger partial charge in [0.2, 0.25) is 0 Å². The molecular weight excluding hydrogens is 408 g/mol. The molecule has 3 aromatic carbocycles. The molecule has 1 heterocycles. The van der Waals surface area contributed by atoms with Crippen molar-refractivity contribution >= 4 is 5.97 Å². The molecule has 0 radical (unpaired) electrons. The van der Waals surface area contributed by atoms with Crippen LogP contribution in [0.15, 0.2) is 72.8 Å². The van der Waals surface area contributed by atoms with Gasteiger partial charge in [-0.15, -0.1) is 0 Å². The van der Waals surface area contributed by atoms with E-state index in [9.17, 15) is 4.79 Å². The van der Waals surface area contributed by atoms with Gasteiger partial charge in [0.15, 0.2) is 0 Å². The van der Waals surface area contributed by atoms with Gasteiger partial charge in [-0.1, -0.05) is 48.5 Å². The van der Waals surface area contributed by atoms with Crippen LogP contribution in [0.25, 0.3) is 11.1 Å². The zero-order valence-electron chi connectivity index (χ0n) is 18.2. The largest absolute Gasteiger partial charge is 0.496 e. The molecule has 0 N–H and O–H groups in total. The number of rotatable bonds is 9. The molecule has 0 amide bonds. The number of hydrogen-bond donors (Lipinski definition) is 0. The fourth-order valence-electron chi connectivity index (χ4n) is 3.61. The van der Waals surface area contributed by atoms with Crippen LogP contribution in [0.2, 0.25) is 0 Å². The van der Waals surface area contributed by atoms with Gasteiger partial charge in [0.05, 0.1) is 27.4 Å². The van der Waals surface area contributed by atoms with E-state index in [0.29, 0.717) is 19.8 Å². The Balaban J connectivity index is 1.41. The van der Waals surface area contributed by atoms with Crippen molar-refractivity contribution in [3.05, 3.63) is 83.9 Å². The fourth-order valence-corrected chi connectivity index (χ4v) is 3.61. The quantitative estimate of drug-likeness (QED) is 0.467. The first kappa shape index (κ1) is 21.9. The Bertz CT molecular complexity index is 1060. The summed E-state index contributed by atoms with van der Waals surface area (Å²) < 4.78 is 27.3. The van der Waals surface area contributed by atoms with E-state index in [1.165, 1.54) is 7.11 Å². The summed E-state index contributed by atoms with van der Waals surface area (Å²) >= 11 is 0. The first-order valence-electron chi connectivity index (χ1n) is 10.4. The highest BCUT2D eigenvalue weighted by molar-refractivity contribution is 5.71. The van der Waals surface area contributed by atoms with Gasteiger partial charge in [-0.3, -0.25) is 0 Å². The van der Waals surface area contributed by atoms with Crippen molar-refractivity contribution in [3.8, 4) is 22.6 Å². The van der Waals surface area contributed by atoms with Gasteiger partial charge >= 0.3 is 5.97 Å². The Morgan fingerprint density at radius 2 is 1.75 bits per heavy atom. The summed E-state index contributed by atoms with van der Waals surface area (Å²) in [6.45, 7) is 1.13. The van der Waals surface area contributed by atoms with Crippen molar-refractivity contribution < 1.29 is 28.5 Å². The van der Waals surface area contributed by atoms with E-state index in [4.69, 9.17) is 18.9 Å². The average molecular weight is 434 g/mol. The van der Waals surface area contributed by atoms with Gasteiger partial charge in [0.25, 0.3) is 0 Å². The summed E-state index contributed by atoms with van der Waals surface area (Å²) in [5.74, 6) is 1.18. The maximum atomic E-state index is 11.4. The predicted molar refractivity (Wildman–Crippen MR) is 120 cm³/mol. The lowest BCUT2D eigenvalue weighted by atomic mass is 9.91. The third-order valence-corrected chi connectivity index (χ3v) is 5.50. The maximum Gasteiger partial charge on any atom is 0.331 e. The topological polar surface area (TPSA) is 63.2 Å². The highest BCUT2D eigenvalue weighted by Gasteiger charge is 2.42. The first-order chi connectivity index (χ1) is 15.6. The van der Waals surface area contributed by atoms with Crippen molar-refractivity contribution in [2.75, 3.05) is 34.0 Å². The summed E-state index contributed by atoms with van der Waals surface area (Å²) in [5.41, 5.74) is 3.51. The Hall–Kier alpha value is -3.35. The maximum absolute atomic E-state index is 11.4. The molecule has 1 saturated heterocycles. The van der Waals surface area contributed by atoms with Crippen LogP contribution in [0, 0.1) is 0 Å². The minimum Gasteiger partial charge on any atom is -0.496 e. The molecule has 6 heteroatoms. The molecule has 0 saturated carbocycles. The smallest absolute Gasteiger partial charge is 0.331 e. The number of carbonyl (C=O) groups excluding carboxylic acids is 1. The molecule has 32 heavy (non-hydrogen) atoms. The third kappa shape index (κ3) is 4.77. The Morgan fingerprint density at radius 1 is 0.969 bits per heavy atom. The summed E-state index contributed by atoms with van der Waals surface area (Å²) in [4.78, 5) is 11.4. The molecule has 166 valence electrons. The molecule has 6 nitrogen and oxygen atoms in total. The third-order valence-electron chi connectivity index (χ3n) is 5.50.